The van der Waals surface area contributed by atoms with E-state index in [1.54, 1.807) is 12.1 Å². The van der Waals surface area contributed by atoms with Crippen LogP contribution in [0.3, 0.4) is 0 Å². The average Bonchev–Trinajstić information content (AvgIpc) is 2.18. The first kappa shape index (κ1) is 9.14. The lowest BCUT2D eigenvalue weighted by Crippen LogP contribution is -2.10. The third-order valence-corrected chi connectivity index (χ3v) is 2.26. The number of ether oxygens (including phenoxy) is 1. The lowest BCUT2D eigenvalue weighted by Gasteiger charge is -2.03. The molecule has 0 amide bonds. The van der Waals surface area contributed by atoms with Crippen molar-refractivity contribution in [1.29, 1.82) is 0 Å². The highest BCUT2D eigenvalue weighted by atomic mass is 79.9. The van der Waals surface area contributed by atoms with E-state index in [9.17, 15) is 4.79 Å². The van der Waals surface area contributed by atoms with Crippen LogP contribution >= 0.6 is 15.9 Å². The minimum atomic E-state index is -0.283. The molecule has 0 spiro atoms. The van der Waals surface area contributed by atoms with E-state index in [4.69, 9.17) is 4.74 Å². The summed E-state index contributed by atoms with van der Waals surface area (Å²) in [5, 5.41) is 9.98. The van der Waals surface area contributed by atoms with Crippen LogP contribution in [0.25, 0.3) is 10.9 Å². The molecule has 0 unspecified atom stereocenters. The maximum absolute atomic E-state index is 11.4. The highest BCUT2D eigenvalue weighted by Gasteiger charge is 2.07. The summed E-state index contributed by atoms with van der Waals surface area (Å²) in [6.45, 7) is 0. The van der Waals surface area contributed by atoms with Gasteiger partial charge in [0.25, 0.3) is 5.56 Å². The van der Waals surface area contributed by atoms with Crippen molar-refractivity contribution in [3.8, 4) is 5.75 Å². The van der Waals surface area contributed by atoms with E-state index in [0.717, 1.165) is 4.47 Å². The van der Waals surface area contributed by atoms with E-state index in [2.05, 4.69) is 31.3 Å². The maximum atomic E-state index is 11.4. The Labute approximate surface area is 87.2 Å². The number of rotatable bonds is 1. The van der Waals surface area contributed by atoms with Crippen LogP contribution in [0.1, 0.15) is 0 Å². The molecule has 1 aromatic carbocycles. The van der Waals surface area contributed by atoms with Gasteiger partial charge >= 0.3 is 0 Å². The molecule has 0 aliphatic heterocycles. The van der Waals surface area contributed by atoms with E-state index in [0.29, 0.717) is 16.7 Å². The second-order valence-corrected chi connectivity index (χ2v) is 3.56. The van der Waals surface area contributed by atoms with Gasteiger partial charge in [-0.25, -0.2) is 5.10 Å². The van der Waals surface area contributed by atoms with Gasteiger partial charge in [0, 0.05) is 4.47 Å². The molecule has 1 heterocycles. The van der Waals surface area contributed by atoms with Crippen LogP contribution in [0, 0.1) is 0 Å². The predicted molar refractivity (Wildman–Crippen MR) is 54.4 cm³/mol. The Hall–Kier alpha value is -1.43. The molecule has 1 N–H and O–H groups in total. The van der Waals surface area contributed by atoms with Crippen LogP contribution in [-0.4, -0.2) is 22.5 Å². The van der Waals surface area contributed by atoms with Gasteiger partial charge in [-0.3, -0.25) is 4.79 Å². The Kier molecular flexibility index (Phi) is 2.20. The summed E-state index contributed by atoms with van der Waals surface area (Å²) < 4.78 is 5.84. The largest absolute Gasteiger partial charge is 0.494 e. The second kappa shape index (κ2) is 3.38. The number of benzene rings is 1. The zero-order valence-corrected chi connectivity index (χ0v) is 8.83. The fourth-order valence-corrected chi connectivity index (χ4v) is 1.62. The first-order valence-corrected chi connectivity index (χ1v) is 4.60. The van der Waals surface area contributed by atoms with Crippen molar-refractivity contribution in [3.63, 3.8) is 0 Å². The number of halogens is 1. The molecule has 0 saturated heterocycles. The Morgan fingerprint density at radius 1 is 1.50 bits per heavy atom. The molecule has 6 heteroatoms. The predicted octanol–water partition coefficient (Wildman–Crippen LogP) is 1.09. The molecule has 72 valence electrons. The quantitative estimate of drug-likeness (QED) is 0.829. The van der Waals surface area contributed by atoms with E-state index >= 15 is 0 Å². The van der Waals surface area contributed by atoms with Crippen LogP contribution in [0.15, 0.2) is 21.4 Å². The summed E-state index contributed by atoms with van der Waals surface area (Å²) in [7, 11) is 1.52. The molecule has 0 atom stereocenters. The van der Waals surface area contributed by atoms with Crippen molar-refractivity contribution in [1.82, 2.24) is 15.4 Å². The monoisotopic (exact) mass is 255 g/mol. The maximum Gasteiger partial charge on any atom is 0.275 e. The molecule has 0 bridgehead atoms. The molecule has 0 saturated carbocycles. The van der Waals surface area contributed by atoms with Gasteiger partial charge in [-0.2, -0.15) is 0 Å². The van der Waals surface area contributed by atoms with Gasteiger partial charge in [-0.15, -0.1) is 5.10 Å². The number of H-pyrrole nitrogens is 1. The van der Waals surface area contributed by atoms with Crippen molar-refractivity contribution >= 4 is 26.8 Å². The first-order valence-electron chi connectivity index (χ1n) is 3.81. The van der Waals surface area contributed by atoms with Gasteiger partial charge in [0.1, 0.15) is 11.3 Å². The molecule has 14 heavy (non-hydrogen) atoms. The van der Waals surface area contributed by atoms with E-state index in [1.165, 1.54) is 7.11 Å². The summed E-state index contributed by atoms with van der Waals surface area (Å²) in [5.41, 5.74) is 0.175. The zero-order valence-electron chi connectivity index (χ0n) is 7.24. The number of hydrogen-bond donors (Lipinski definition) is 1. The van der Waals surface area contributed by atoms with Gasteiger partial charge < -0.3 is 4.74 Å². The lowest BCUT2D eigenvalue weighted by molar-refractivity contribution is 0.418. The molecule has 2 rings (SSSR count). The standard InChI is InChI=1S/C8H6BrN3O2/c1-14-6-3-4(9)2-5-7(6)10-12-11-8(5)13/h2-3H,1H3,(H,10,11,13). The van der Waals surface area contributed by atoms with E-state index in [-0.39, 0.29) is 5.56 Å². The number of nitrogens with zero attached hydrogens (tertiary/aromatic N) is 2. The molecular formula is C8H6BrN3O2. The van der Waals surface area contributed by atoms with Crippen LogP contribution in [0.4, 0.5) is 0 Å². The second-order valence-electron chi connectivity index (χ2n) is 2.65. The van der Waals surface area contributed by atoms with E-state index in [1.807, 2.05) is 0 Å². The molecular weight excluding hydrogens is 250 g/mol. The first-order chi connectivity index (χ1) is 6.72. The van der Waals surface area contributed by atoms with Crippen LogP contribution in [-0.2, 0) is 0 Å². The summed E-state index contributed by atoms with van der Waals surface area (Å²) in [5.74, 6) is 0.521. The Bertz CT molecular complexity index is 538. The van der Waals surface area contributed by atoms with Gasteiger partial charge in [0.15, 0.2) is 0 Å². The summed E-state index contributed by atoms with van der Waals surface area (Å²) in [6.07, 6.45) is 0. The fraction of sp³-hybridized carbons (Fsp3) is 0.125. The highest BCUT2D eigenvalue weighted by Crippen LogP contribution is 2.25. The summed E-state index contributed by atoms with van der Waals surface area (Å²) >= 11 is 3.28. The number of hydrogen-bond acceptors (Lipinski definition) is 4. The number of aromatic nitrogens is 3. The Morgan fingerprint density at radius 3 is 3.00 bits per heavy atom. The van der Waals surface area contributed by atoms with Crippen LogP contribution in [0.2, 0.25) is 0 Å². The summed E-state index contributed by atoms with van der Waals surface area (Å²) in [6, 6.07) is 3.40. The minimum absolute atomic E-state index is 0.283. The van der Waals surface area contributed by atoms with Crippen molar-refractivity contribution in [2.45, 2.75) is 0 Å². The van der Waals surface area contributed by atoms with Gasteiger partial charge in [0.2, 0.25) is 0 Å². The van der Waals surface area contributed by atoms with Crippen LogP contribution < -0.4 is 10.3 Å². The molecule has 2 aromatic rings. The minimum Gasteiger partial charge on any atom is -0.494 e. The zero-order chi connectivity index (χ0) is 10.1. The number of aromatic amines is 1. The van der Waals surface area contributed by atoms with Gasteiger partial charge in [0.05, 0.1) is 12.5 Å². The normalized spacial score (nSPS) is 10.4. The smallest absolute Gasteiger partial charge is 0.275 e. The fourth-order valence-electron chi connectivity index (χ4n) is 1.19. The third-order valence-electron chi connectivity index (χ3n) is 1.81. The third kappa shape index (κ3) is 1.37. The number of fused-ring (bicyclic) bond motifs is 1. The molecule has 0 radical (unpaired) electrons. The topological polar surface area (TPSA) is 67.9 Å². The van der Waals surface area contributed by atoms with E-state index < -0.39 is 0 Å². The lowest BCUT2D eigenvalue weighted by atomic mass is 10.2. The highest BCUT2D eigenvalue weighted by molar-refractivity contribution is 9.10. The van der Waals surface area contributed by atoms with Gasteiger partial charge in [-0.1, -0.05) is 21.1 Å². The number of methoxy groups -OCH3 is 1. The van der Waals surface area contributed by atoms with Crippen molar-refractivity contribution in [3.05, 3.63) is 27.0 Å². The molecule has 1 aromatic heterocycles. The molecule has 0 aliphatic rings. The Morgan fingerprint density at radius 2 is 2.29 bits per heavy atom. The Balaban J connectivity index is 2.95. The van der Waals surface area contributed by atoms with Crippen molar-refractivity contribution in [2.24, 2.45) is 0 Å². The van der Waals surface area contributed by atoms with Crippen molar-refractivity contribution in [2.75, 3.05) is 7.11 Å². The SMILES string of the molecule is COc1cc(Br)cc2c(=O)[nH]nnc12. The molecule has 0 aliphatic carbocycles. The van der Waals surface area contributed by atoms with Crippen molar-refractivity contribution < 1.29 is 4.74 Å². The van der Waals surface area contributed by atoms with Gasteiger partial charge in [-0.05, 0) is 12.1 Å². The molecule has 0 fully saturated rings. The van der Waals surface area contributed by atoms with Crippen LogP contribution in [0.5, 0.6) is 5.75 Å². The number of nitrogens with one attached hydrogen (secondary N) is 1. The average molecular weight is 256 g/mol. The summed E-state index contributed by atoms with van der Waals surface area (Å²) in [4.78, 5) is 11.4. The molecule has 5 nitrogen and oxygen atoms in total.